The first-order valence-corrected chi connectivity index (χ1v) is 12.2. The topological polar surface area (TPSA) is 52.7 Å². The van der Waals surface area contributed by atoms with Crippen LogP contribution in [0.3, 0.4) is 0 Å². The molecule has 4 rings (SSSR count). The summed E-state index contributed by atoms with van der Waals surface area (Å²) < 4.78 is 0.860. The Balaban J connectivity index is 1.43. The van der Waals surface area contributed by atoms with E-state index < -0.39 is 0 Å². The number of carbonyl (C=O) groups is 2. The van der Waals surface area contributed by atoms with Crippen LogP contribution < -0.4 is 10.2 Å². The molecule has 2 aromatic rings. The molecule has 0 saturated carbocycles. The van der Waals surface area contributed by atoms with Gasteiger partial charge in [-0.2, -0.15) is 11.8 Å². The zero-order chi connectivity index (χ0) is 21.1. The molecule has 0 aliphatic carbocycles. The maximum atomic E-state index is 13.0. The van der Waals surface area contributed by atoms with E-state index >= 15 is 0 Å². The molecule has 2 saturated heterocycles. The third kappa shape index (κ3) is 4.90. The number of hydrogen-bond donors (Lipinski definition) is 1. The average molecular weight is 488 g/mol. The highest BCUT2D eigenvalue weighted by Crippen LogP contribution is 2.32. The van der Waals surface area contributed by atoms with Crippen molar-refractivity contribution in [1.29, 1.82) is 0 Å². The Hall–Kier alpha value is -1.83. The molecule has 0 bridgehead atoms. The first kappa shape index (κ1) is 21.4. The summed E-state index contributed by atoms with van der Waals surface area (Å²) >= 11 is 5.51. The van der Waals surface area contributed by atoms with E-state index in [1.54, 1.807) is 4.90 Å². The summed E-state index contributed by atoms with van der Waals surface area (Å²) in [7, 11) is 0. The van der Waals surface area contributed by atoms with Gasteiger partial charge in [-0.15, -0.1) is 0 Å². The van der Waals surface area contributed by atoms with Gasteiger partial charge in [-0.1, -0.05) is 24.3 Å². The van der Waals surface area contributed by atoms with Crippen LogP contribution in [0.5, 0.6) is 0 Å². The van der Waals surface area contributed by atoms with E-state index in [0.717, 1.165) is 41.0 Å². The molecule has 0 radical (unpaired) electrons. The molecule has 2 aliphatic heterocycles. The number of thioether (sulfide) groups is 1. The van der Waals surface area contributed by atoms with Gasteiger partial charge in [-0.05, 0) is 52.2 Å². The standard InChI is InChI=1S/C23H26BrN3O2S/c1-16-6-7-17(14-26-8-10-30-11-9-26)12-20(16)25-23(29)18-13-22(28)27(15-18)21-5-3-2-4-19(21)24/h2-7,12,18H,8-11,13-15H2,1H3,(H,25,29). The third-order valence-electron chi connectivity index (χ3n) is 5.71. The maximum Gasteiger partial charge on any atom is 0.229 e. The Morgan fingerprint density at radius 1 is 1.20 bits per heavy atom. The molecule has 1 unspecified atom stereocenters. The third-order valence-corrected chi connectivity index (χ3v) is 7.32. The number of nitrogens with zero attached hydrogens (tertiary/aromatic N) is 2. The van der Waals surface area contributed by atoms with Crippen LogP contribution in [0, 0.1) is 12.8 Å². The average Bonchev–Trinajstić information content (AvgIpc) is 3.13. The molecule has 2 fully saturated rings. The van der Waals surface area contributed by atoms with Crippen LogP contribution in [0.4, 0.5) is 11.4 Å². The number of nitrogens with one attached hydrogen (secondary N) is 1. The van der Waals surface area contributed by atoms with Gasteiger partial charge < -0.3 is 10.2 Å². The van der Waals surface area contributed by atoms with Crippen molar-refractivity contribution in [3.05, 3.63) is 58.1 Å². The van der Waals surface area contributed by atoms with Gasteiger partial charge in [0, 0.05) is 54.3 Å². The summed E-state index contributed by atoms with van der Waals surface area (Å²) in [5, 5.41) is 3.08. The molecule has 158 valence electrons. The van der Waals surface area contributed by atoms with Gasteiger partial charge in [0.25, 0.3) is 0 Å². The zero-order valence-electron chi connectivity index (χ0n) is 17.1. The van der Waals surface area contributed by atoms with Crippen LogP contribution in [0.25, 0.3) is 0 Å². The number of anilines is 2. The highest BCUT2D eigenvalue weighted by molar-refractivity contribution is 9.10. The van der Waals surface area contributed by atoms with Crippen LogP contribution in [0.2, 0.25) is 0 Å². The van der Waals surface area contributed by atoms with Gasteiger partial charge in [0.2, 0.25) is 11.8 Å². The number of amides is 2. The van der Waals surface area contributed by atoms with Crippen LogP contribution >= 0.6 is 27.7 Å². The molecule has 2 amide bonds. The van der Waals surface area contributed by atoms with Crippen LogP contribution in [0.15, 0.2) is 46.9 Å². The second-order valence-corrected chi connectivity index (χ2v) is 9.96. The van der Waals surface area contributed by atoms with E-state index in [2.05, 4.69) is 44.3 Å². The zero-order valence-corrected chi connectivity index (χ0v) is 19.5. The number of benzene rings is 2. The van der Waals surface area contributed by atoms with Crippen molar-refractivity contribution in [3.8, 4) is 0 Å². The van der Waals surface area contributed by atoms with E-state index in [1.807, 2.05) is 43.0 Å². The fourth-order valence-corrected chi connectivity index (χ4v) is 5.42. The minimum Gasteiger partial charge on any atom is -0.326 e. The summed E-state index contributed by atoms with van der Waals surface area (Å²) in [6.45, 7) is 5.52. The van der Waals surface area contributed by atoms with E-state index in [-0.39, 0.29) is 24.2 Å². The van der Waals surface area contributed by atoms with Crippen molar-refractivity contribution in [3.63, 3.8) is 0 Å². The van der Waals surface area contributed by atoms with Crippen molar-refractivity contribution >= 4 is 50.9 Å². The summed E-state index contributed by atoms with van der Waals surface area (Å²) in [5.41, 5.74) is 3.90. The lowest BCUT2D eigenvalue weighted by Gasteiger charge is -2.26. The minimum absolute atomic E-state index is 0.0181. The lowest BCUT2D eigenvalue weighted by molar-refractivity contribution is -0.122. The largest absolute Gasteiger partial charge is 0.326 e. The highest BCUT2D eigenvalue weighted by atomic mass is 79.9. The Morgan fingerprint density at radius 3 is 2.73 bits per heavy atom. The first-order valence-electron chi connectivity index (χ1n) is 10.3. The summed E-state index contributed by atoms with van der Waals surface area (Å²) in [4.78, 5) is 29.7. The predicted octanol–water partition coefficient (Wildman–Crippen LogP) is 4.30. The maximum absolute atomic E-state index is 13.0. The monoisotopic (exact) mass is 487 g/mol. The van der Waals surface area contributed by atoms with Gasteiger partial charge in [-0.25, -0.2) is 0 Å². The molecule has 2 aromatic carbocycles. The first-order chi connectivity index (χ1) is 14.5. The van der Waals surface area contributed by atoms with E-state index in [9.17, 15) is 9.59 Å². The number of hydrogen-bond acceptors (Lipinski definition) is 4. The van der Waals surface area contributed by atoms with Crippen LogP contribution in [-0.2, 0) is 16.1 Å². The molecule has 0 aromatic heterocycles. The number of rotatable bonds is 5. The normalized spacial score (nSPS) is 19.9. The second-order valence-electron chi connectivity index (χ2n) is 7.88. The highest BCUT2D eigenvalue weighted by Gasteiger charge is 2.36. The second kappa shape index (κ2) is 9.54. The Morgan fingerprint density at radius 2 is 1.97 bits per heavy atom. The van der Waals surface area contributed by atoms with Gasteiger partial charge >= 0.3 is 0 Å². The molecule has 7 heteroatoms. The lowest BCUT2D eigenvalue weighted by atomic mass is 10.1. The van der Waals surface area contributed by atoms with Gasteiger partial charge in [-0.3, -0.25) is 14.5 Å². The Labute approximate surface area is 190 Å². The molecular weight excluding hydrogens is 462 g/mol. The number of para-hydroxylation sites is 1. The fourth-order valence-electron chi connectivity index (χ4n) is 3.94. The predicted molar refractivity (Wildman–Crippen MR) is 127 cm³/mol. The Kier molecular flexibility index (Phi) is 6.80. The van der Waals surface area contributed by atoms with Crippen molar-refractivity contribution in [2.75, 3.05) is 41.4 Å². The van der Waals surface area contributed by atoms with E-state index in [1.165, 1.54) is 17.1 Å². The Bertz CT molecular complexity index is 946. The van der Waals surface area contributed by atoms with Gasteiger partial charge in [0.15, 0.2) is 0 Å². The number of aryl methyl sites for hydroxylation is 1. The van der Waals surface area contributed by atoms with E-state index in [0.29, 0.717) is 6.54 Å². The SMILES string of the molecule is Cc1ccc(CN2CCSCC2)cc1NC(=O)C1CC(=O)N(c2ccccc2Br)C1. The van der Waals surface area contributed by atoms with E-state index in [4.69, 9.17) is 0 Å². The van der Waals surface area contributed by atoms with Crippen molar-refractivity contribution < 1.29 is 9.59 Å². The molecule has 5 nitrogen and oxygen atoms in total. The summed E-state index contributed by atoms with van der Waals surface area (Å²) in [5.74, 6) is 1.90. The molecular formula is C23H26BrN3O2S. The molecule has 1 atom stereocenters. The number of halogens is 1. The van der Waals surface area contributed by atoms with Gasteiger partial charge in [0.1, 0.15) is 0 Å². The van der Waals surface area contributed by atoms with Crippen LogP contribution in [0.1, 0.15) is 17.5 Å². The minimum atomic E-state index is -0.355. The quantitative estimate of drug-likeness (QED) is 0.682. The molecule has 2 heterocycles. The summed E-state index contributed by atoms with van der Waals surface area (Å²) in [6, 6.07) is 13.9. The fraction of sp³-hybridized carbons (Fsp3) is 0.391. The van der Waals surface area contributed by atoms with Gasteiger partial charge in [0.05, 0.1) is 11.6 Å². The number of carbonyl (C=O) groups excluding carboxylic acids is 2. The molecule has 1 N–H and O–H groups in total. The van der Waals surface area contributed by atoms with Crippen molar-refractivity contribution in [1.82, 2.24) is 4.90 Å². The van der Waals surface area contributed by atoms with Crippen molar-refractivity contribution in [2.45, 2.75) is 19.9 Å². The van der Waals surface area contributed by atoms with Crippen LogP contribution in [-0.4, -0.2) is 47.9 Å². The molecule has 2 aliphatic rings. The smallest absolute Gasteiger partial charge is 0.229 e. The lowest BCUT2D eigenvalue weighted by Crippen LogP contribution is -2.32. The molecule has 30 heavy (non-hydrogen) atoms. The van der Waals surface area contributed by atoms with Crippen molar-refractivity contribution in [2.24, 2.45) is 5.92 Å². The molecule has 0 spiro atoms. The summed E-state index contributed by atoms with van der Waals surface area (Å²) in [6.07, 6.45) is 0.233.